The average molecular weight is 590 g/mol. The van der Waals surface area contributed by atoms with Crippen molar-refractivity contribution in [3.05, 3.63) is 102 Å². The summed E-state index contributed by atoms with van der Waals surface area (Å²) in [5.74, 6) is -0.170. The van der Waals surface area contributed by atoms with Gasteiger partial charge >= 0.3 is 0 Å². The topological polar surface area (TPSA) is 167 Å². The van der Waals surface area contributed by atoms with Gasteiger partial charge in [-0.1, -0.05) is 91.0 Å². The zero-order valence-corrected chi connectivity index (χ0v) is 23.5. The number of hydrogen-bond donors (Lipinski definition) is 1. The Bertz CT molecular complexity index is 1110. The van der Waals surface area contributed by atoms with E-state index >= 15 is 0 Å². The normalized spacial score (nSPS) is 25.0. The van der Waals surface area contributed by atoms with Gasteiger partial charge in [-0.25, -0.2) is 0 Å². The van der Waals surface area contributed by atoms with Crippen LogP contribution in [-0.4, -0.2) is 62.8 Å². The SMILES string of the molecule is CO.C[O-].[O-2].[O-]c1ccccc1C=N[C@H]1[C@@H](OCc2ccccc2)O[C@@H]2CO[C@@H](c3ccccc3)O[C@H]2[C@@H]1[O-].[V]. The fourth-order valence-corrected chi connectivity index (χ4v) is 4.14. The molecule has 0 unspecified atom stereocenters. The number of aliphatic hydroxyl groups is 1. The van der Waals surface area contributed by atoms with Crippen LogP contribution >= 0.6 is 0 Å². The molecule has 5 rings (SSSR count). The van der Waals surface area contributed by atoms with Crippen molar-refractivity contribution in [1.82, 2.24) is 0 Å². The molecule has 40 heavy (non-hydrogen) atoms. The molecule has 2 fully saturated rings. The summed E-state index contributed by atoms with van der Waals surface area (Å²) >= 11 is 0. The van der Waals surface area contributed by atoms with Gasteiger partial charge in [-0.3, -0.25) is 4.99 Å². The monoisotopic (exact) mass is 589 g/mol. The van der Waals surface area contributed by atoms with E-state index in [1.54, 1.807) is 18.2 Å². The maximum Gasteiger partial charge on any atom is 0.184 e. The van der Waals surface area contributed by atoms with Crippen molar-refractivity contribution in [3.8, 4) is 5.75 Å². The first-order valence-corrected chi connectivity index (χ1v) is 12.1. The third kappa shape index (κ3) is 9.22. The van der Waals surface area contributed by atoms with Crippen LogP contribution < -0.4 is 15.3 Å². The van der Waals surface area contributed by atoms with E-state index < -0.39 is 36.9 Å². The van der Waals surface area contributed by atoms with Gasteiger partial charge in [0.05, 0.1) is 25.4 Å². The van der Waals surface area contributed by atoms with Gasteiger partial charge in [-0.2, -0.15) is 7.11 Å². The van der Waals surface area contributed by atoms with E-state index in [-0.39, 0.29) is 43.0 Å². The molecule has 11 heteroatoms. The van der Waals surface area contributed by atoms with Crippen LogP contribution in [0, 0.1) is 0 Å². The zero-order valence-electron chi connectivity index (χ0n) is 22.1. The molecule has 6 atom stereocenters. The molecule has 2 heterocycles. The van der Waals surface area contributed by atoms with Crippen molar-refractivity contribution < 1.29 is 63.4 Å². The summed E-state index contributed by atoms with van der Waals surface area (Å²) in [5.41, 5.74) is 2.17. The van der Waals surface area contributed by atoms with Gasteiger partial charge in [0.15, 0.2) is 12.6 Å². The summed E-state index contributed by atoms with van der Waals surface area (Å²) in [6, 6.07) is 24.7. The van der Waals surface area contributed by atoms with E-state index in [0.717, 1.165) is 25.3 Å². The predicted octanol–water partition coefficient (Wildman–Crippen LogP) is 0.796. The molecule has 3 aromatic carbocycles. The quantitative estimate of drug-likeness (QED) is 0.412. The van der Waals surface area contributed by atoms with Gasteiger partial charge in [-0.05, 0) is 11.1 Å². The van der Waals surface area contributed by atoms with Crippen LogP contribution in [-0.2, 0) is 49.6 Å². The number of hydrogen-bond acceptors (Lipinski definition) is 9. The Morgan fingerprint density at radius 3 is 2.17 bits per heavy atom. The molecule has 2 aliphatic heterocycles. The van der Waals surface area contributed by atoms with Crippen molar-refractivity contribution >= 4 is 6.21 Å². The van der Waals surface area contributed by atoms with E-state index in [1.807, 2.05) is 60.7 Å². The minimum atomic E-state index is -1.27. The molecule has 1 N–H and O–H groups in total. The molecule has 3 aromatic rings. The standard InChI is InChI=1S/C27H26NO6.CH4O.CH3O.O.V/c29-21-14-8-7-13-20(21)15-28-23-24(30)25-22(17-32-26(34-25)19-11-5-2-6-12-19)33-27(23)31-16-18-9-3-1-4-10-18;2*1-2;;/h1-15,22-27,29H,16-17H2;2H,1H3;1H3;;/q-1;;-1;-2;/p-1/t22-,23-,24-,25-,26-,27+;;;;/m1..../s1. The summed E-state index contributed by atoms with van der Waals surface area (Å²) in [6.45, 7) is 0.460. The number of fused-ring (bicyclic) bond motifs is 1. The second-order valence-corrected chi connectivity index (χ2v) is 8.29. The third-order valence-corrected chi connectivity index (χ3v) is 5.94. The molecule has 217 valence electrons. The number of aliphatic hydroxyl groups excluding tert-OH is 1. The number of rotatable bonds is 6. The summed E-state index contributed by atoms with van der Waals surface area (Å²) in [4.78, 5) is 4.47. The van der Waals surface area contributed by atoms with Gasteiger partial charge in [-0.15, -0.1) is 5.75 Å². The second kappa shape index (κ2) is 18.7. The van der Waals surface area contributed by atoms with Crippen molar-refractivity contribution in [1.29, 1.82) is 0 Å². The Labute approximate surface area is 246 Å². The molecule has 2 aliphatic rings. The van der Waals surface area contributed by atoms with E-state index in [2.05, 4.69) is 4.99 Å². The Balaban J connectivity index is 0.00000128. The first kappa shape index (κ1) is 35.4. The van der Waals surface area contributed by atoms with Crippen molar-refractivity contribution in [2.24, 2.45) is 4.99 Å². The van der Waals surface area contributed by atoms with Crippen LogP contribution in [0.2, 0.25) is 0 Å². The van der Waals surface area contributed by atoms with Gasteiger partial charge in [0.1, 0.15) is 6.10 Å². The van der Waals surface area contributed by atoms with Crippen LogP contribution in [0.4, 0.5) is 0 Å². The molecule has 0 aliphatic carbocycles. The van der Waals surface area contributed by atoms with E-state index in [0.29, 0.717) is 5.56 Å². The Morgan fingerprint density at radius 1 is 0.925 bits per heavy atom. The van der Waals surface area contributed by atoms with Crippen LogP contribution in [0.15, 0.2) is 89.9 Å². The van der Waals surface area contributed by atoms with Gasteiger partial charge < -0.3 is 44.8 Å². The first-order valence-electron chi connectivity index (χ1n) is 12.1. The van der Waals surface area contributed by atoms with E-state index in [4.69, 9.17) is 29.2 Å². The largest absolute Gasteiger partial charge is 2.00 e. The van der Waals surface area contributed by atoms with Crippen molar-refractivity contribution in [2.45, 2.75) is 43.5 Å². The molecular weight excluding hydrogens is 557 g/mol. The predicted molar refractivity (Wildman–Crippen MR) is 136 cm³/mol. The van der Waals surface area contributed by atoms with E-state index in [1.165, 1.54) is 12.3 Å². The van der Waals surface area contributed by atoms with E-state index in [9.17, 15) is 10.2 Å². The molecule has 0 spiro atoms. The Kier molecular flexibility index (Phi) is 16.5. The van der Waals surface area contributed by atoms with Gasteiger partial charge in [0.25, 0.3) is 0 Å². The van der Waals surface area contributed by atoms with Crippen LogP contribution in [0.5, 0.6) is 5.75 Å². The number of ether oxygens (including phenoxy) is 4. The number of nitrogens with zero attached hydrogens (tertiary/aromatic N) is 1. The maximum atomic E-state index is 13.6. The molecular formula is C29H32NO9V-5. The summed E-state index contributed by atoms with van der Waals surface area (Å²) in [7, 11) is 1.75. The van der Waals surface area contributed by atoms with Gasteiger partial charge in [0.2, 0.25) is 0 Å². The number of aliphatic imine (C=N–C) groups is 1. The maximum absolute atomic E-state index is 13.6. The fourth-order valence-electron chi connectivity index (χ4n) is 4.14. The zero-order chi connectivity index (χ0) is 27.3. The van der Waals surface area contributed by atoms with Crippen LogP contribution in [0.1, 0.15) is 23.0 Å². The van der Waals surface area contributed by atoms with Crippen LogP contribution in [0.25, 0.3) is 0 Å². The fraction of sp³-hybridized carbons (Fsp3) is 0.345. The summed E-state index contributed by atoms with van der Waals surface area (Å²) in [5, 5.41) is 41.0. The van der Waals surface area contributed by atoms with Gasteiger partial charge in [0, 0.05) is 37.4 Å². The molecule has 10 nitrogen and oxygen atoms in total. The number of para-hydroxylation sites is 1. The van der Waals surface area contributed by atoms with Crippen LogP contribution in [0.3, 0.4) is 0 Å². The third-order valence-electron chi connectivity index (χ3n) is 5.94. The molecule has 2 saturated heterocycles. The molecule has 0 amide bonds. The molecule has 0 saturated carbocycles. The Hall–Kier alpha value is -2.61. The second-order valence-electron chi connectivity index (χ2n) is 8.29. The number of benzene rings is 3. The smallest absolute Gasteiger partial charge is 0.184 e. The summed E-state index contributed by atoms with van der Waals surface area (Å²) < 4.78 is 24.0. The average Bonchev–Trinajstić information content (AvgIpc) is 2.99. The first-order chi connectivity index (χ1) is 18.7. The minimum Gasteiger partial charge on any atom is -2.00 e. The van der Waals surface area contributed by atoms with Crippen molar-refractivity contribution in [2.75, 3.05) is 20.8 Å². The molecule has 0 bridgehead atoms. The van der Waals surface area contributed by atoms with Crippen molar-refractivity contribution in [3.63, 3.8) is 0 Å². The summed E-state index contributed by atoms with van der Waals surface area (Å²) in [6.07, 6.45) is -2.77. The Morgan fingerprint density at radius 2 is 1.52 bits per heavy atom. The molecule has 0 aromatic heterocycles. The minimum absolute atomic E-state index is 0. The molecule has 1 radical (unpaired) electrons.